The lowest BCUT2D eigenvalue weighted by Gasteiger charge is -2.38. The lowest BCUT2D eigenvalue weighted by atomic mass is 10.00. The van der Waals surface area contributed by atoms with Crippen molar-refractivity contribution < 1.29 is 13.9 Å². The molecule has 0 atom stereocenters. The highest BCUT2D eigenvalue weighted by molar-refractivity contribution is 6.06. The van der Waals surface area contributed by atoms with Crippen LogP contribution in [0, 0.1) is 6.92 Å². The van der Waals surface area contributed by atoms with Gasteiger partial charge < -0.3 is 14.1 Å². The number of likely N-dealkylation sites (tertiary alicyclic amines) is 1. The number of nitrogens with zero attached hydrogens (tertiary/aromatic N) is 2. The van der Waals surface area contributed by atoms with E-state index < -0.39 is 0 Å². The van der Waals surface area contributed by atoms with E-state index in [2.05, 4.69) is 24.0 Å². The minimum Gasteiger partial charge on any atom is -0.497 e. The second kappa shape index (κ2) is 9.18. The molecular weight excluding hydrogens is 376 g/mol. The number of hydrogen-bond donors (Lipinski definition) is 0. The third-order valence-electron chi connectivity index (χ3n) is 5.75. The Morgan fingerprint density at radius 1 is 1.07 bits per heavy atom. The third-order valence-corrected chi connectivity index (χ3v) is 5.75. The van der Waals surface area contributed by atoms with Crippen molar-refractivity contribution in [3.63, 3.8) is 0 Å². The van der Waals surface area contributed by atoms with Gasteiger partial charge in [0.15, 0.2) is 0 Å². The molecule has 3 aromatic rings. The maximum Gasteiger partial charge on any atom is 0.258 e. The first kappa shape index (κ1) is 20.2. The van der Waals surface area contributed by atoms with Crippen LogP contribution in [0.4, 0.5) is 5.69 Å². The maximum atomic E-state index is 13.5. The van der Waals surface area contributed by atoms with Gasteiger partial charge in [0.05, 0.1) is 19.9 Å². The maximum absolute atomic E-state index is 13.5. The van der Waals surface area contributed by atoms with Crippen molar-refractivity contribution in [3.8, 4) is 5.75 Å². The van der Waals surface area contributed by atoms with E-state index in [1.807, 2.05) is 53.4 Å². The molecule has 5 heteroatoms. The molecule has 1 aromatic heterocycles. The Morgan fingerprint density at radius 3 is 2.37 bits per heavy atom. The van der Waals surface area contributed by atoms with Crippen molar-refractivity contribution in [1.29, 1.82) is 0 Å². The van der Waals surface area contributed by atoms with Crippen molar-refractivity contribution in [2.24, 2.45) is 0 Å². The fourth-order valence-electron chi connectivity index (χ4n) is 4.03. The summed E-state index contributed by atoms with van der Waals surface area (Å²) in [5.41, 5.74) is 2.81. The van der Waals surface area contributed by atoms with Crippen LogP contribution in [0.15, 0.2) is 71.3 Å². The quantitative estimate of drug-likeness (QED) is 0.586. The van der Waals surface area contributed by atoms with E-state index in [4.69, 9.17) is 9.15 Å². The van der Waals surface area contributed by atoms with E-state index in [0.717, 1.165) is 49.7 Å². The average Bonchev–Trinajstić information content (AvgIpc) is 3.29. The Bertz CT molecular complexity index is 941. The molecule has 4 rings (SSSR count). The number of anilines is 1. The molecule has 1 saturated heterocycles. The van der Waals surface area contributed by atoms with Crippen molar-refractivity contribution in [2.45, 2.75) is 32.4 Å². The minimum absolute atomic E-state index is 0.0333. The molecule has 1 aliphatic rings. The van der Waals surface area contributed by atoms with Crippen LogP contribution in [0.25, 0.3) is 0 Å². The van der Waals surface area contributed by atoms with Crippen LogP contribution >= 0.6 is 0 Å². The number of rotatable bonds is 6. The summed E-state index contributed by atoms with van der Waals surface area (Å²) in [5, 5.41) is 0. The van der Waals surface area contributed by atoms with Crippen LogP contribution in [-0.4, -0.2) is 37.0 Å². The summed E-state index contributed by atoms with van der Waals surface area (Å²) < 4.78 is 10.7. The first-order valence-electron chi connectivity index (χ1n) is 10.4. The summed E-state index contributed by atoms with van der Waals surface area (Å²) in [6, 6.07) is 19.7. The number of ether oxygens (including phenoxy) is 1. The molecule has 1 fully saturated rings. The molecule has 0 bridgehead atoms. The Morgan fingerprint density at radius 2 is 1.77 bits per heavy atom. The van der Waals surface area contributed by atoms with Gasteiger partial charge in [-0.1, -0.05) is 17.7 Å². The predicted octanol–water partition coefficient (Wildman–Crippen LogP) is 4.91. The van der Waals surface area contributed by atoms with Gasteiger partial charge in [0, 0.05) is 30.4 Å². The lowest BCUT2D eigenvalue weighted by Crippen LogP contribution is -2.47. The van der Waals surface area contributed by atoms with Gasteiger partial charge in [0.2, 0.25) is 0 Å². The van der Waals surface area contributed by atoms with E-state index in [9.17, 15) is 4.79 Å². The number of piperidine rings is 1. The summed E-state index contributed by atoms with van der Waals surface area (Å²) >= 11 is 0. The van der Waals surface area contributed by atoms with Gasteiger partial charge in [-0.15, -0.1) is 0 Å². The molecule has 0 radical (unpaired) electrons. The molecule has 0 unspecified atom stereocenters. The van der Waals surface area contributed by atoms with Crippen LogP contribution in [0.3, 0.4) is 0 Å². The van der Waals surface area contributed by atoms with E-state index in [1.165, 1.54) is 5.56 Å². The first-order chi connectivity index (χ1) is 14.6. The number of amides is 1. The number of methoxy groups -OCH3 is 1. The van der Waals surface area contributed by atoms with E-state index in [0.29, 0.717) is 5.56 Å². The molecule has 0 saturated carbocycles. The van der Waals surface area contributed by atoms with Crippen molar-refractivity contribution in [3.05, 3.63) is 83.8 Å². The first-order valence-corrected chi connectivity index (χ1v) is 10.4. The molecule has 1 aliphatic heterocycles. The largest absolute Gasteiger partial charge is 0.497 e. The van der Waals surface area contributed by atoms with Gasteiger partial charge in [-0.3, -0.25) is 9.69 Å². The SMILES string of the molecule is COc1ccc(C(=O)N(c2ccc(C)cc2)C2CCN(Cc3ccco3)CC2)cc1. The molecule has 1 amide bonds. The standard InChI is InChI=1S/C25H28N2O3/c1-19-5-9-21(10-6-19)27(25(28)20-7-11-23(29-2)12-8-20)22-13-15-26(16-14-22)18-24-4-3-17-30-24/h3-12,17,22H,13-16,18H2,1-2H3. The number of furan rings is 1. The number of carbonyl (C=O) groups excluding carboxylic acids is 1. The van der Waals surface area contributed by atoms with Gasteiger partial charge >= 0.3 is 0 Å². The normalized spacial score (nSPS) is 15.1. The zero-order valence-corrected chi connectivity index (χ0v) is 17.6. The zero-order valence-electron chi connectivity index (χ0n) is 17.6. The van der Waals surface area contributed by atoms with Gasteiger partial charge in [0.25, 0.3) is 5.91 Å². The lowest BCUT2D eigenvalue weighted by molar-refractivity contribution is 0.0957. The number of hydrogen-bond acceptors (Lipinski definition) is 4. The van der Waals surface area contributed by atoms with E-state index >= 15 is 0 Å². The van der Waals surface area contributed by atoms with Gasteiger partial charge in [0.1, 0.15) is 11.5 Å². The van der Waals surface area contributed by atoms with Crippen LogP contribution < -0.4 is 9.64 Å². The van der Waals surface area contributed by atoms with Crippen molar-refractivity contribution in [2.75, 3.05) is 25.1 Å². The molecule has 5 nitrogen and oxygen atoms in total. The number of aryl methyl sites for hydroxylation is 1. The molecule has 0 N–H and O–H groups in total. The monoisotopic (exact) mass is 404 g/mol. The summed E-state index contributed by atoms with van der Waals surface area (Å²) in [5.74, 6) is 1.77. The van der Waals surface area contributed by atoms with E-state index in [1.54, 1.807) is 13.4 Å². The fourth-order valence-corrected chi connectivity index (χ4v) is 4.03. The minimum atomic E-state index is 0.0333. The molecule has 156 valence electrons. The average molecular weight is 405 g/mol. The molecule has 30 heavy (non-hydrogen) atoms. The molecular formula is C25H28N2O3. The third kappa shape index (κ3) is 4.57. The second-order valence-corrected chi connectivity index (χ2v) is 7.83. The highest BCUT2D eigenvalue weighted by atomic mass is 16.5. The van der Waals surface area contributed by atoms with Crippen LogP contribution in [0.1, 0.15) is 34.5 Å². The molecule has 0 spiro atoms. The second-order valence-electron chi connectivity index (χ2n) is 7.83. The molecule has 0 aliphatic carbocycles. The van der Waals surface area contributed by atoms with Crippen LogP contribution in [0.2, 0.25) is 0 Å². The summed E-state index contributed by atoms with van der Waals surface area (Å²) in [6.07, 6.45) is 3.57. The Kier molecular flexibility index (Phi) is 6.19. The van der Waals surface area contributed by atoms with Gasteiger partial charge in [-0.25, -0.2) is 0 Å². The molecule has 2 heterocycles. The van der Waals surface area contributed by atoms with Crippen molar-refractivity contribution in [1.82, 2.24) is 4.90 Å². The van der Waals surface area contributed by atoms with Gasteiger partial charge in [-0.2, -0.15) is 0 Å². The smallest absolute Gasteiger partial charge is 0.258 e. The summed E-state index contributed by atoms with van der Waals surface area (Å²) in [7, 11) is 1.63. The van der Waals surface area contributed by atoms with Crippen molar-refractivity contribution >= 4 is 11.6 Å². The zero-order chi connectivity index (χ0) is 20.9. The highest BCUT2D eigenvalue weighted by Crippen LogP contribution is 2.27. The summed E-state index contributed by atoms with van der Waals surface area (Å²) in [6.45, 7) is 4.75. The Balaban J connectivity index is 1.53. The fraction of sp³-hybridized carbons (Fsp3) is 0.320. The predicted molar refractivity (Wildman–Crippen MR) is 118 cm³/mol. The Hall–Kier alpha value is -3.05. The topological polar surface area (TPSA) is 45.9 Å². The van der Waals surface area contributed by atoms with Crippen LogP contribution in [0.5, 0.6) is 5.75 Å². The molecule has 2 aromatic carbocycles. The number of carbonyl (C=O) groups is 1. The number of benzene rings is 2. The highest BCUT2D eigenvalue weighted by Gasteiger charge is 2.30. The van der Waals surface area contributed by atoms with E-state index in [-0.39, 0.29) is 11.9 Å². The summed E-state index contributed by atoms with van der Waals surface area (Å²) in [4.78, 5) is 17.9. The Labute approximate surface area is 177 Å². The van der Waals surface area contributed by atoms with Gasteiger partial charge in [-0.05, 0) is 68.3 Å². The van der Waals surface area contributed by atoms with Crippen LogP contribution in [-0.2, 0) is 6.54 Å².